The minimum absolute atomic E-state index is 0.0667. The highest BCUT2D eigenvalue weighted by Gasteiger charge is 2.53. The van der Waals surface area contributed by atoms with Gasteiger partial charge in [-0.3, -0.25) is 9.59 Å². The van der Waals surface area contributed by atoms with E-state index in [2.05, 4.69) is 20.8 Å². The van der Waals surface area contributed by atoms with Crippen molar-refractivity contribution in [2.75, 3.05) is 0 Å². The van der Waals surface area contributed by atoms with Crippen molar-refractivity contribution in [1.82, 2.24) is 0 Å². The van der Waals surface area contributed by atoms with Crippen LogP contribution in [0.4, 0.5) is 0 Å². The van der Waals surface area contributed by atoms with Crippen LogP contribution >= 0.6 is 0 Å². The average molecular weight is 312 g/mol. The summed E-state index contributed by atoms with van der Waals surface area (Å²) in [5.41, 5.74) is 3.75. The van der Waals surface area contributed by atoms with E-state index >= 15 is 0 Å². The molecule has 124 valence electrons. The van der Waals surface area contributed by atoms with Gasteiger partial charge in [0.05, 0.1) is 0 Å². The minimum Gasteiger partial charge on any atom is -0.295 e. The Labute approximate surface area is 139 Å². The van der Waals surface area contributed by atoms with Gasteiger partial charge in [-0.25, -0.2) is 0 Å². The molecule has 0 amide bonds. The zero-order valence-corrected chi connectivity index (χ0v) is 14.7. The molecule has 0 heterocycles. The van der Waals surface area contributed by atoms with Gasteiger partial charge in [-0.2, -0.15) is 0 Å². The zero-order chi connectivity index (χ0) is 16.4. The largest absolute Gasteiger partial charge is 0.295 e. The van der Waals surface area contributed by atoms with Gasteiger partial charge in [0.2, 0.25) is 0 Å². The van der Waals surface area contributed by atoms with Crippen LogP contribution in [0.2, 0.25) is 0 Å². The molecule has 0 radical (unpaired) electrons. The maximum Gasteiger partial charge on any atom is 0.159 e. The topological polar surface area (TPSA) is 34.1 Å². The first kappa shape index (κ1) is 15.4. The summed E-state index contributed by atoms with van der Waals surface area (Å²) in [6.45, 7) is 7.33. The second kappa shape index (κ2) is 4.91. The van der Waals surface area contributed by atoms with E-state index in [0.717, 1.165) is 25.2 Å². The van der Waals surface area contributed by atoms with Crippen LogP contribution < -0.4 is 0 Å². The summed E-state index contributed by atoms with van der Waals surface area (Å²) in [5.74, 6) is 0.943. The Morgan fingerprint density at radius 1 is 0.957 bits per heavy atom. The summed E-state index contributed by atoms with van der Waals surface area (Å²) in [4.78, 5) is 24.6. The quantitative estimate of drug-likeness (QED) is 0.610. The second-order valence-corrected chi connectivity index (χ2v) is 9.19. The standard InChI is InChI=1S/C21H28O2/c1-20(2)9-4-10-21(3)16-12-15-14(17(22)6-7-18(15)23)11-13(16)5-8-19(20)21/h6-7,14-15,19H,4-5,8-12H2,1-3H3/t14-,15+,19+,21-/m0/s1. The summed E-state index contributed by atoms with van der Waals surface area (Å²) < 4.78 is 0. The third-order valence-corrected chi connectivity index (χ3v) is 7.60. The fraction of sp³-hybridized carbons (Fsp3) is 0.714. The van der Waals surface area contributed by atoms with Gasteiger partial charge in [0.15, 0.2) is 11.6 Å². The maximum atomic E-state index is 12.4. The van der Waals surface area contributed by atoms with Crippen molar-refractivity contribution in [3.05, 3.63) is 23.3 Å². The van der Waals surface area contributed by atoms with Crippen molar-refractivity contribution in [2.24, 2.45) is 28.6 Å². The lowest BCUT2D eigenvalue weighted by molar-refractivity contribution is -0.129. The molecule has 1 saturated carbocycles. The van der Waals surface area contributed by atoms with Crippen molar-refractivity contribution in [1.29, 1.82) is 0 Å². The van der Waals surface area contributed by atoms with Crippen molar-refractivity contribution in [3.63, 3.8) is 0 Å². The normalized spacial score (nSPS) is 42.1. The summed E-state index contributed by atoms with van der Waals surface area (Å²) in [6, 6.07) is 0. The molecule has 2 heteroatoms. The number of ketones is 2. The molecule has 4 atom stereocenters. The lowest BCUT2D eigenvalue weighted by Gasteiger charge is -2.57. The van der Waals surface area contributed by atoms with Gasteiger partial charge in [-0.1, -0.05) is 38.3 Å². The van der Waals surface area contributed by atoms with Gasteiger partial charge >= 0.3 is 0 Å². The van der Waals surface area contributed by atoms with E-state index in [4.69, 9.17) is 0 Å². The molecule has 4 aliphatic rings. The van der Waals surface area contributed by atoms with Crippen LogP contribution in [0.5, 0.6) is 0 Å². The van der Waals surface area contributed by atoms with Crippen molar-refractivity contribution < 1.29 is 9.59 Å². The number of hydrogen-bond acceptors (Lipinski definition) is 2. The first-order chi connectivity index (χ1) is 10.8. The van der Waals surface area contributed by atoms with Gasteiger partial charge in [0.1, 0.15) is 0 Å². The Balaban J connectivity index is 1.74. The van der Waals surface area contributed by atoms with Crippen LogP contribution in [0.3, 0.4) is 0 Å². The molecular formula is C21H28O2. The fourth-order valence-corrected chi connectivity index (χ4v) is 6.45. The van der Waals surface area contributed by atoms with Crippen LogP contribution in [0.25, 0.3) is 0 Å². The zero-order valence-electron chi connectivity index (χ0n) is 14.7. The summed E-state index contributed by atoms with van der Waals surface area (Å²) in [5, 5.41) is 0. The predicted octanol–water partition coefficient (Wildman–Crippen LogP) is 4.64. The minimum atomic E-state index is -0.0770. The molecule has 2 nitrogen and oxygen atoms in total. The molecule has 1 fully saturated rings. The number of hydrogen-bond donors (Lipinski definition) is 0. The molecule has 0 aromatic carbocycles. The van der Waals surface area contributed by atoms with Gasteiger partial charge in [0, 0.05) is 11.8 Å². The Kier molecular flexibility index (Phi) is 3.28. The van der Waals surface area contributed by atoms with Crippen molar-refractivity contribution in [2.45, 2.75) is 65.7 Å². The molecule has 0 aromatic heterocycles. The molecule has 4 aliphatic carbocycles. The molecule has 4 rings (SSSR count). The molecule has 0 aromatic rings. The molecule has 0 saturated heterocycles. The highest BCUT2D eigenvalue weighted by Crippen LogP contribution is 2.62. The summed E-state index contributed by atoms with van der Waals surface area (Å²) in [7, 11) is 0. The monoisotopic (exact) mass is 312 g/mol. The number of fused-ring (bicyclic) bond motifs is 3. The van der Waals surface area contributed by atoms with E-state index in [1.165, 1.54) is 43.4 Å². The van der Waals surface area contributed by atoms with E-state index in [0.29, 0.717) is 5.41 Å². The van der Waals surface area contributed by atoms with Gasteiger partial charge in [-0.15, -0.1) is 0 Å². The third kappa shape index (κ3) is 2.13. The van der Waals surface area contributed by atoms with E-state index < -0.39 is 0 Å². The number of carbonyl (C=O) groups excluding carboxylic acids is 2. The van der Waals surface area contributed by atoms with Crippen LogP contribution in [0, 0.1) is 28.6 Å². The van der Waals surface area contributed by atoms with Crippen LogP contribution in [-0.4, -0.2) is 11.6 Å². The molecule has 0 bridgehead atoms. The van der Waals surface area contributed by atoms with Gasteiger partial charge in [-0.05, 0) is 67.4 Å². The van der Waals surface area contributed by atoms with Gasteiger partial charge < -0.3 is 0 Å². The van der Waals surface area contributed by atoms with Crippen LogP contribution in [-0.2, 0) is 9.59 Å². The van der Waals surface area contributed by atoms with Crippen molar-refractivity contribution >= 4 is 11.6 Å². The van der Waals surface area contributed by atoms with E-state index in [1.807, 2.05) is 0 Å². The molecular weight excluding hydrogens is 284 g/mol. The van der Waals surface area contributed by atoms with E-state index in [9.17, 15) is 9.59 Å². The Hall–Kier alpha value is -1.18. The first-order valence-electron chi connectivity index (χ1n) is 9.30. The maximum absolute atomic E-state index is 12.4. The fourth-order valence-electron chi connectivity index (χ4n) is 6.45. The summed E-state index contributed by atoms with van der Waals surface area (Å²) in [6.07, 6.45) is 11.0. The highest BCUT2D eigenvalue weighted by molar-refractivity contribution is 6.07. The van der Waals surface area contributed by atoms with E-state index in [-0.39, 0.29) is 28.8 Å². The average Bonchev–Trinajstić information content (AvgIpc) is 2.49. The molecule has 0 aliphatic heterocycles. The SMILES string of the molecule is CC1(C)CCC[C@@]2(C)C3=C(CC[C@H]12)C[C@@H]1C(=O)C=CC(=O)[C@@H]1C3. The second-order valence-electron chi connectivity index (χ2n) is 9.19. The first-order valence-corrected chi connectivity index (χ1v) is 9.30. The Bertz CT molecular complexity index is 636. The Morgan fingerprint density at radius 3 is 2.30 bits per heavy atom. The number of carbonyl (C=O) groups is 2. The Morgan fingerprint density at radius 2 is 1.61 bits per heavy atom. The predicted molar refractivity (Wildman–Crippen MR) is 90.9 cm³/mol. The highest BCUT2D eigenvalue weighted by atomic mass is 16.1. The molecule has 0 spiro atoms. The molecule has 23 heavy (non-hydrogen) atoms. The third-order valence-electron chi connectivity index (χ3n) is 7.60. The van der Waals surface area contributed by atoms with E-state index in [1.54, 1.807) is 5.57 Å². The lowest BCUT2D eigenvalue weighted by Crippen LogP contribution is -2.48. The van der Waals surface area contributed by atoms with Crippen LogP contribution in [0.15, 0.2) is 23.3 Å². The molecule has 0 unspecified atom stereocenters. The lowest BCUT2D eigenvalue weighted by atomic mass is 9.47. The van der Waals surface area contributed by atoms with Crippen molar-refractivity contribution in [3.8, 4) is 0 Å². The molecule has 0 N–H and O–H groups in total. The van der Waals surface area contributed by atoms with Gasteiger partial charge in [0.25, 0.3) is 0 Å². The van der Waals surface area contributed by atoms with Crippen LogP contribution in [0.1, 0.15) is 65.7 Å². The smallest absolute Gasteiger partial charge is 0.159 e. The number of allylic oxidation sites excluding steroid dienone is 4. The summed E-state index contributed by atoms with van der Waals surface area (Å²) >= 11 is 0. The number of rotatable bonds is 0.